The maximum atomic E-state index is 12.8. The van der Waals surface area contributed by atoms with Gasteiger partial charge in [0.2, 0.25) is 15.9 Å². The molecule has 1 amide bonds. The van der Waals surface area contributed by atoms with Gasteiger partial charge >= 0.3 is 0 Å². The average molecular weight is 373 g/mol. The minimum atomic E-state index is -3.59. The van der Waals surface area contributed by atoms with E-state index < -0.39 is 10.0 Å². The van der Waals surface area contributed by atoms with Crippen molar-refractivity contribution in [3.8, 4) is 11.1 Å². The van der Waals surface area contributed by atoms with E-state index in [-0.39, 0.29) is 10.8 Å². The fraction of sp³-hybridized carbons (Fsp3) is 0.333. The zero-order valence-electron chi connectivity index (χ0n) is 14.4. The highest BCUT2D eigenvalue weighted by Gasteiger charge is 2.27. The molecule has 1 aromatic heterocycles. The Morgan fingerprint density at radius 2 is 1.85 bits per heavy atom. The topological polar surface area (TPSA) is 79.8 Å². The van der Waals surface area contributed by atoms with Gasteiger partial charge in [0.1, 0.15) is 4.90 Å². The number of carbonyl (C=O) groups is 1. The Labute approximate surface area is 152 Å². The number of pyridine rings is 1. The molecular weight excluding hydrogens is 354 g/mol. The second kappa shape index (κ2) is 6.46. The van der Waals surface area contributed by atoms with Gasteiger partial charge in [0, 0.05) is 43.8 Å². The fourth-order valence-corrected chi connectivity index (χ4v) is 4.70. The summed E-state index contributed by atoms with van der Waals surface area (Å²) < 4.78 is 32.3. The molecule has 2 aliphatic heterocycles. The van der Waals surface area contributed by atoms with Gasteiger partial charge in [-0.1, -0.05) is 6.07 Å². The lowest BCUT2D eigenvalue weighted by Crippen LogP contribution is -2.40. The van der Waals surface area contributed by atoms with E-state index in [1.165, 1.54) is 10.5 Å². The zero-order valence-corrected chi connectivity index (χ0v) is 15.2. The standard InChI is InChI=1S/C18H19N3O4S/c1-20-17-3-2-13(8-14(17)10-18(20)22)15-9-16(12-19-11-15)26(23,24)21-4-6-25-7-5-21/h2-3,8-9,11-12H,4-7,10H2,1H3. The van der Waals surface area contributed by atoms with E-state index in [0.29, 0.717) is 38.3 Å². The molecular formula is C18H19N3O4S. The van der Waals surface area contributed by atoms with Crippen LogP contribution in [0.15, 0.2) is 41.6 Å². The largest absolute Gasteiger partial charge is 0.379 e. The van der Waals surface area contributed by atoms with Crippen molar-refractivity contribution in [3.05, 3.63) is 42.2 Å². The van der Waals surface area contributed by atoms with Gasteiger partial charge in [0.15, 0.2) is 0 Å². The monoisotopic (exact) mass is 373 g/mol. The van der Waals surface area contributed by atoms with Gasteiger partial charge in [-0.15, -0.1) is 0 Å². The summed E-state index contributed by atoms with van der Waals surface area (Å²) in [5.74, 6) is 0.0546. The molecule has 0 bridgehead atoms. The number of rotatable bonds is 3. The van der Waals surface area contributed by atoms with Gasteiger partial charge in [-0.2, -0.15) is 4.31 Å². The summed E-state index contributed by atoms with van der Waals surface area (Å²) >= 11 is 0. The van der Waals surface area contributed by atoms with Crippen molar-refractivity contribution in [2.75, 3.05) is 38.3 Å². The van der Waals surface area contributed by atoms with Crippen LogP contribution in [0.1, 0.15) is 5.56 Å². The summed E-state index contributed by atoms with van der Waals surface area (Å²) in [6.07, 6.45) is 3.37. The smallest absolute Gasteiger partial charge is 0.244 e. The second-order valence-corrected chi connectivity index (χ2v) is 8.34. The van der Waals surface area contributed by atoms with Crippen molar-refractivity contribution >= 4 is 21.6 Å². The molecule has 0 aliphatic carbocycles. The van der Waals surface area contributed by atoms with Crippen LogP contribution in [0.5, 0.6) is 0 Å². The number of morpholine rings is 1. The third kappa shape index (κ3) is 2.90. The number of ether oxygens (including phenoxy) is 1. The van der Waals surface area contributed by atoms with Crippen molar-refractivity contribution in [1.82, 2.24) is 9.29 Å². The SMILES string of the molecule is CN1C(=O)Cc2cc(-c3cncc(S(=O)(=O)N4CCOCC4)c3)ccc21. The molecule has 0 N–H and O–H groups in total. The Balaban J connectivity index is 1.69. The average Bonchev–Trinajstić information content (AvgIpc) is 2.96. The van der Waals surface area contributed by atoms with E-state index >= 15 is 0 Å². The molecule has 136 valence electrons. The summed E-state index contributed by atoms with van der Waals surface area (Å²) in [5.41, 5.74) is 3.39. The number of benzene rings is 1. The maximum Gasteiger partial charge on any atom is 0.244 e. The highest BCUT2D eigenvalue weighted by molar-refractivity contribution is 7.89. The molecule has 1 saturated heterocycles. The first-order chi connectivity index (χ1) is 12.5. The molecule has 7 nitrogen and oxygen atoms in total. The highest BCUT2D eigenvalue weighted by atomic mass is 32.2. The van der Waals surface area contributed by atoms with Crippen LogP contribution >= 0.6 is 0 Å². The molecule has 0 unspecified atom stereocenters. The Morgan fingerprint density at radius 3 is 2.62 bits per heavy atom. The van der Waals surface area contributed by atoms with Crippen molar-refractivity contribution < 1.29 is 17.9 Å². The van der Waals surface area contributed by atoms with Crippen LogP contribution in [-0.4, -0.2) is 57.0 Å². The van der Waals surface area contributed by atoms with Gasteiger partial charge in [-0.05, 0) is 29.3 Å². The molecule has 1 fully saturated rings. The van der Waals surface area contributed by atoms with Crippen molar-refractivity contribution in [2.45, 2.75) is 11.3 Å². The molecule has 2 aliphatic rings. The van der Waals surface area contributed by atoms with Crippen LogP contribution in [-0.2, 0) is 26.0 Å². The summed E-state index contributed by atoms with van der Waals surface area (Å²) in [4.78, 5) is 17.8. The normalized spacial score (nSPS) is 18.2. The molecule has 0 saturated carbocycles. The first kappa shape index (κ1) is 17.1. The summed E-state index contributed by atoms with van der Waals surface area (Å²) in [6, 6.07) is 7.34. The van der Waals surface area contributed by atoms with E-state index in [0.717, 1.165) is 16.8 Å². The molecule has 0 radical (unpaired) electrons. The summed E-state index contributed by atoms with van der Waals surface area (Å²) in [7, 11) is -1.84. The summed E-state index contributed by atoms with van der Waals surface area (Å²) in [5, 5.41) is 0. The number of hydrogen-bond acceptors (Lipinski definition) is 5. The van der Waals surface area contributed by atoms with Crippen LogP contribution in [0, 0.1) is 0 Å². The number of carbonyl (C=O) groups excluding carboxylic acids is 1. The van der Waals surface area contributed by atoms with Crippen LogP contribution in [0.2, 0.25) is 0 Å². The van der Waals surface area contributed by atoms with Gasteiger partial charge in [0.05, 0.1) is 19.6 Å². The first-order valence-electron chi connectivity index (χ1n) is 8.39. The van der Waals surface area contributed by atoms with Crippen molar-refractivity contribution in [3.63, 3.8) is 0 Å². The van der Waals surface area contributed by atoms with E-state index in [4.69, 9.17) is 4.74 Å². The number of amides is 1. The molecule has 0 spiro atoms. The number of likely N-dealkylation sites (N-methyl/N-ethyl adjacent to an activating group) is 1. The fourth-order valence-electron chi connectivity index (χ4n) is 3.30. The van der Waals surface area contributed by atoms with E-state index in [1.54, 1.807) is 24.2 Å². The van der Waals surface area contributed by atoms with Crippen LogP contribution in [0.25, 0.3) is 11.1 Å². The lowest BCUT2D eigenvalue weighted by Gasteiger charge is -2.26. The molecule has 8 heteroatoms. The first-order valence-corrected chi connectivity index (χ1v) is 9.83. The van der Waals surface area contributed by atoms with Crippen molar-refractivity contribution in [1.29, 1.82) is 0 Å². The lowest BCUT2D eigenvalue weighted by atomic mass is 10.0. The molecule has 1 aromatic carbocycles. The molecule has 26 heavy (non-hydrogen) atoms. The van der Waals surface area contributed by atoms with E-state index in [9.17, 15) is 13.2 Å². The molecule has 0 atom stereocenters. The number of sulfonamides is 1. The number of nitrogens with zero attached hydrogens (tertiary/aromatic N) is 3. The van der Waals surface area contributed by atoms with Crippen LogP contribution in [0.4, 0.5) is 5.69 Å². The Bertz CT molecular complexity index is 968. The third-order valence-corrected chi connectivity index (χ3v) is 6.67. The molecule has 2 aromatic rings. The minimum absolute atomic E-state index is 0.0546. The van der Waals surface area contributed by atoms with Gasteiger partial charge < -0.3 is 9.64 Å². The minimum Gasteiger partial charge on any atom is -0.379 e. The highest BCUT2D eigenvalue weighted by Crippen LogP contribution is 2.32. The maximum absolute atomic E-state index is 12.8. The Kier molecular flexibility index (Phi) is 4.26. The number of anilines is 1. The van der Waals surface area contributed by atoms with Gasteiger partial charge in [0.25, 0.3) is 0 Å². The number of fused-ring (bicyclic) bond motifs is 1. The van der Waals surface area contributed by atoms with Gasteiger partial charge in [-0.3, -0.25) is 9.78 Å². The van der Waals surface area contributed by atoms with Crippen molar-refractivity contribution in [2.24, 2.45) is 0 Å². The molecule has 3 heterocycles. The second-order valence-electron chi connectivity index (χ2n) is 6.40. The van der Waals surface area contributed by atoms with Crippen LogP contribution in [0.3, 0.4) is 0 Å². The lowest BCUT2D eigenvalue weighted by molar-refractivity contribution is -0.117. The van der Waals surface area contributed by atoms with E-state index in [2.05, 4.69) is 4.98 Å². The number of hydrogen-bond donors (Lipinski definition) is 0. The zero-order chi connectivity index (χ0) is 18.3. The Morgan fingerprint density at radius 1 is 1.08 bits per heavy atom. The third-order valence-electron chi connectivity index (χ3n) is 4.81. The quantitative estimate of drug-likeness (QED) is 0.810. The molecule has 4 rings (SSSR count). The predicted octanol–water partition coefficient (Wildman–Crippen LogP) is 1.29. The predicted molar refractivity (Wildman–Crippen MR) is 96.4 cm³/mol. The summed E-state index contributed by atoms with van der Waals surface area (Å²) in [6.45, 7) is 1.50. The van der Waals surface area contributed by atoms with Gasteiger partial charge in [-0.25, -0.2) is 8.42 Å². The van der Waals surface area contributed by atoms with E-state index in [1.807, 2.05) is 18.2 Å². The number of aromatic nitrogens is 1. The Hall–Kier alpha value is -2.29. The van der Waals surface area contributed by atoms with Crippen LogP contribution < -0.4 is 4.90 Å².